The summed E-state index contributed by atoms with van der Waals surface area (Å²) in [7, 11) is 0. The van der Waals surface area contributed by atoms with Gasteiger partial charge in [-0.3, -0.25) is 9.59 Å². The molecule has 2 heterocycles. The summed E-state index contributed by atoms with van der Waals surface area (Å²) in [6.45, 7) is 8.46. The number of anilines is 1. The van der Waals surface area contributed by atoms with Crippen LogP contribution >= 0.6 is 0 Å². The van der Waals surface area contributed by atoms with E-state index in [1.165, 1.54) is 4.90 Å². The van der Waals surface area contributed by atoms with Gasteiger partial charge in [0, 0.05) is 13.1 Å². The Hall–Kier alpha value is -3.08. The summed E-state index contributed by atoms with van der Waals surface area (Å²) >= 11 is 0. The van der Waals surface area contributed by atoms with Crippen molar-refractivity contribution in [1.29, 1.82) is 0 Å². The second-order valence-electron chi connectivity index (χ2n) is 8.50. The fraction of sp³-hybridized carbons (Fsp3) is 0.385. The van der Waals surface area contributed by atoms with Gasteiger partial charge in [-0.2, -0.15) is 0 Å². The quantitative estimate of drug-likeness (QED) is 0.633. The summed E-state index contributed by atoms with van der Waals surface area (Å²) in [5.41, 5.74) is 3.33. The van der Waals surface area contributed by atoms with E-state index >= 15 is 0 Å². The maximum Gasteiger partial charge on any atom is 0.282 e. The van der Waals surface area contributed by atoms with Crippen LogP contribution in [-0.2, 0) is 9.59 Å². The van der Waals surface area contributed by atoms with Crippen molar-refractivity contribution < 1.29 is 14.3 Å². The van der Waals surface area contributed by atoms with Gasteiger partial charge in [0.25, 0.3) is 11.8 Å². The first-order valence-corrected chi connectivity index (χ1v) is 11.2. The number of imide groups is 1. The van der Waals surface area contributed by atoms with E-state index in [0.29, 0.717) is 29.5 Å². The molecule has 1 saturated heterocycles. The second kappa shape index (κ2) is 8.96. The summed E-state index contributed by atoms with van der Waals surface area (Å²) < 4.78 is 5.69. The van der Waals surface area contributed by atoms with Crippen molar-refractivity contribution in [1.82, 2.24) is 4.90 Å². The molecule has 5 heteroatoms. The van der Waals surface area contributed by atoms with Gasteiger partial charge >= 0.3 is 0 Å². The van der Waals surface area contributed by atoms with E-state index in [-0.39, 0.29) is 11.8 Å². The minimum Gasteiger partial charge on any atom is -0.494 e. The SMILES string of the molecule is CCCOc1ccc(C2=C(N3CCC(C)CC3)C(=O)N(c3ccccc3C)C2=O)cc1. The van der Waals surface area contributed by atoms with Crippen LogP contribution in [0.3, 0.4) is 0 Å². The zero-order valence-corrected chi connectivity index (χ0v) is 18.6. The topological polar surface area (TPSA) is 49.9 Å². The molecule has 162 valence electrons. The average Bonchev–Trinajstić information content (AvgIpc) is 3.04. The zero-order valence-electron chi connectivity index (χ0n) is 18.6. The Balaban J connectivity index is 1.75. The van der Waals surface area contributed by atoms with Gasteiger partial charge in [-0.25, -0.2) is 4.90 Å². The number of aryl methyl sites for hydroxylation is 1. The third-order valence-corrected chi connectivity index (χ3v) is 6.13. The monoisotopic (exact) mass is 418 g/mol. The summed E-state index contributed by atoms with van der Waals surface area (Å²) in [5.74, 6) is 0.923. The van der Waals surface area contributed by atoms with E-state index < -0.39 is 0 Å². The predicted octanol–water partition coefficient (Wildman–Crippen LogP) is 4.80. The Morgan fingerprint density at radius 3 is 2.29 bits per heavy atom. The number of hydrogen-bond donors (Lipinski definition) is 0. The number of benzene rings is 2. The fourth-order valence-electron chi connectivity index (χ4n) is 4.27. The molecule has 0 N–H and O–H groups in total. The third kappa shape index (κ3) is 4.09. The van der Waals surface area contributed by atoms with Crippen LogP contribution in [0, 0.1) is 12.8 Å². The van der Waals surface area contributed by atoms with Gasteiger partial charge < -0.3 is 9.64 Å². The molecule has 2 aliphatic rings. The molecule has 2 amide bonds. The number of ether oxygens (including phenoxy) is 1. The van der Waals surface area contributed by atoms with Crippen molar-refractivity contribution in [2.24, 2.45) is 5.92 Å². The highest BCUT2D eigenvalue weighted by Gasteiger charge is 2.43. The first kappa shape index (κ1) is 21.2. The first-order valence-electron chi connectivity index (χ1n) is 11.2. The number of amides is 2. The number of para-hydroxylation sites is 1. The molecule has 2 aromatic carbocycles. The molecule has 1 fully saturated rings. The van der Waals surface area contributed by atoms with Crippen molar-refractivity contribution in [3.05, 3.63) is 65.4 Å². The largest absolute Gasteiger partial charge is 0.494 e. The Labute approximate surface area is 184 Å². The van der Waals surface area contributed by atoms with Crippen LogP contribution in [-0.4, -0.2) is 36.4 Å². The van der Waals surface area contributed by atoms with E-state index in [9.17, 15) is 9.59 Å². The fourth-order valence-corrected chi connectivity index (χ4v) is 4.27. The number of nitrogens with zero attached hydrogens (tertiary/aromatic N) is 2. The number of carbonyl (C=O) groups is 2. The highest BCUT2D eigenvalue weighted by Crippen LogP contribution is 2.37. The lowest BCUT2D eigenvalue weighted by molar-refractivity contribution is -0.120. The van der Waals surface area contributed by atoms with E-state index in [2.05, 4.69) is 18.7 Å². The van der Waals surface area contributed by atoms with Crippen LogP contribution in [0.15, 0.2) is 54.2 Å². The summed E-state index contributed by atoms with van der Waals surface area (Å²) in [6, 6.07) is 15.1. The van der Waals surface area contributed by atoms with Crippen LogP contribution in [0.2, 0.25) is 0 Å². The molecule has 2 aromatic rings. The number of piperidine rings is 1. The minimum atomic E-state index is -0.254. The number of hydrogen-bond acceptors (Lipinski definition) is 4. The van der Waals surface area contributed by atoms with Crippen molar-refractivity contribution in [2.45, 2.75) is 40.0 Å². The van der Waals surface area contributed by atoms with Gasteiger partial charge in [-0.1, -0.05) is 44.2 Å². The van der Waals surface area contributed by atoms with Crippen LogP contribution in [0.5, 0.6) is 5.75 Å². The highest BCUT2D eigenvalue weighted by molar-refractivity contribution is 6.45. The lowest BCUT2D eigenvalue weighted by Crippen LogP contribution is -2.38. The molecular formula is C26H30N2O3. The van der Waals surface area contributed by atoms with Gasteiger partial charge in [0.2, 0.25) is 0 Å². The molecule has 4 rings (SSSR count). The Bertz CT molecular complexity index is 1000. The van der Waals surface area contributed by atoms with E-state index in [1.807, 2.05) is 55.5 Å². The average molecular weight is 419 g/mol. The van der Waals surface area contributed by atoms with E-state index in [4.69, 9.17) is 4.74 Å². The molecule has 0 saturated carbocycles. The lowest BCUT2D eigenvalue weighted by Gasteiger charge is -2.32. The molecule has 0 aromatic heterocycles. The predicted molar refractivity (Wildman–Crippen MR) is 123 cm³/mol. The molecule has 31 heavy (non-hydrogen) atoms. The van der Waals surface area contributed by atoms with Crippen molar-refractivity contribution in [3.63, 3.8) is 0 Å². The molecule has 0 unspecified atom stereocenters. The molecule has 5 nitrogen and oxygen atoms in total. The van der Waals surface area contributed by atoms with Crippen molar-refractivity contribution >= 4 is 23.1 Å². The highest BCUT2D eigenvalue weighted by atomic mass is 16.5. The minimum absolute atomic E-state index is 0.227. The second-order valence-corrected chi connectivity index (χ2v) is 8.50. The van der Waals surface area contributed by atoms with Crippen LogP contribution in [0.1, 0.15) is 44.2 Å². The zero-order chi connectivity index (χ0) is 22.0. The first-order chi connectivity index (χ1) is 15.0. The van der Waals surface area contributed by atoms with Gasteiger partial charge in [0.15, 0.2) is 0 Å². The summed E-state index contributed by atoms with van der Waals surface area (Å²) in [4.78, 5) is 30.7. The molecular weight excluding hydrogens is 388 g/mol. The Morgan fingerprint density at radius 2 is 1.65 bits per heavy atom. The van der Waals surface area contributed by atoms with Gasteiger partial charge in [-0.15, -0.1) is 0 Å². The molecule has 0 spiro atoms. The summed E-state index contributed by atoms with van der Waals surface area (Å²) in [5, 5.41) is 0. The molecule has 0 radical (unpaired) electrons. The van der Waals surface area contributed by atoms with Crippen LogP contribution in [0.4, 0.5) is 5.69 Å². The third-order valence-electron chi connectivity index (χ3n) is 6.13. The van der Waals surface area contributed by atoms with Crippen LogP contribution in [0.25, 0.3) is 5.57 Å². The lowest BCUT2D eigenvalue weighted by atomic mass is 9.97. The Kier molecular flexibility index (Phi) is 6.12. The van der Waals surface area contributed by atoms with Crippen molar-refractivity contribution in [2.75, 3.05) is 24.6 Å². The molecule has 0 atom stereocenters. The number of rotatable bonds is 6. The van der Waals surface area contributed by atoms with E-state index in [1.54, 1.807) is 0 Å². The summed E-state index contributed by atoms with van der Waals surface area (Å²) in [6.07, 6.45) is 2.97. The maximum atomic E-state index is 13.6. The molecule has 0 bridgehead atoms. The number of likely N-dealkylation sites (tertiary alicyclic amines) is 1. The normalized spacial score (nSPS) is 17.6. The smallest absolute Gasteiger partial charge is 0.282 e. The Morgan fingerprint density at radius 1 is 0.968 bits per heavy atom. The van der Waals surface area contributed by atoms with Gasteiger partial charge in [0.1, 0.15) is 11.4 Å². The number of carbonyl (C=O) groups excluding carboxylic acids is 2. The standard InChI is InChI=1S/C26H30N2O3/c1-4-17-31-21-11-9-20(10-12-21)23-24(27-15-13-18(2)14-16-27)26(30)28(25(23)29)22-8-6-5-7-19(22)3/h5-12,18H,4,13-17H2,1-3H3. The molecule has 0 aliphatic carbocycles. The van der Waals surface area contributed by atoms with Crippen molar-refractivity contribution in [3.8, 4) is 5.75 Å². The van der Waals surface area contributed by atoms with Gasteiger partial charge in [0.05, 0.1) is 17.9 Å². The van der Waals surface area contributed by atoms with E-state index in [0.717, 1.165) is 49.2 Å². The molecule has 2 aliphatic heterocycles. The van der Waals surface area contributed by atoms with Crippen LogP contribution < -0.4 is 9.64 Å². The van der Waals surface area contributed by atoms with Gasteiger partial charge in [-0.05, 0) is 61.4 Å². The maximum absolute atomic E-state index is 13.6.